The van der Waals surface area contributed by atoms with E-state index in [1.54, 1.807) is 20.8 Å². The molecule has 11 nitrogen and oxygen atoms in total. The molecule has 0 saturated heterocycles. The molecule has 3 aromatic rings. The Morgan fingerprint density at radius 2 is 2.03 bits per heavy atom. The van der Waals surface area contributed by atoms with Crippen molar-refractivity contribution in [2.45, 2.75) is 58.9 Å². The largest absolute Gasteiger partial charge is 0.496 e. The Balaban J connectivity index is 2.39. The van der Waals surface area contributed by atoms with Crippen LogP contribution in [0.1, 0.15) is 44.9 Å². The second-order valence-electron chi connectivity index (χ2n) is 9.25. The number of carbonyl (C=O) groups is 1. The molecule has 0 aliphatic rings. The van der Waals surface area contributed by atoms with Gasteiger partial charge in [0.1, 0.15) is 33.0 Å². The van der Waals surface area contributed by atoms with Crippen LogP contribution >= 0.6 is 11.3 Å². The fourth-order valence-electron chi connectivity index (χ4n) is 4.00. The Bertz CT molecular complexity index is 1520. The van der Waals surface area contributed by atoms with Crippen molar-refractivity contribution < 1.29 is 23.8 Å². The van der Waals surface area contributed by atoms with E-state index in [9.17, 15) is 23.9 Å². The molecule has 0 fully saturated rings. The Kier molecular flexibility index (Phi) is 8.52. The third kappa shape index (κ3) is 5.38. The number of rotatable bonds is 11. The van der Waals surface area contributed by atoms with Gasteiger partial charge in [0, 0.05) is 17.3 Å². The van der Waals surface area contributed by atoms with Gasteiger partial charge in [-0.2, -0.15) is 5.10 Å². The topological polar surface area (TPSA) is 148 Å². The average Bonchev–Trinajstić information content (AvgIpc) is 3.17. The highest BCUT2D eigenvalue weighted by Gasteiger charge is 2.36. The summed E-state index contributed by atoms with van der Waals surface area (Å²) in [5.41, 5.74) is 0.0430. The predicted molar refractivity (Wildman–Crippen MR) is 145 cm³/mol. The molecule has 0 aliphatic carbocycles. The van der Waals surface area contributed by atoms with Gasteiger partial charge in [-0.15, -0.1) is 0 Å². The number of ether oxygens (including phenoxy) is 2. The lowest BCUT2D eigenvalue weighted by atomic mass is 10.1. The van der Waals surface area contributed by atoms with Gasteiger partial charge in [-0.1, -0.05) is 11.3 Å². The molecule has 13 heteroatoms. The number of nitrogens with one attached hydrogen (secondary N) is 2. The van der Waals surface area contributed by atoms with Crippen LogP contribution in [0.3, 0.4) is 0 Å². The van der Waals surface area contributed by atoms with E-state index in [1.807, 2.05) is 0 Å². The minimum atomic E-state index is -1.88. The summed E-state index contributed by atoms with van der Waals surface area (Å²) in [5, 5.41) is 21.4. The van der Waals surface area contributed by atoms with Crippen molar-refractivity contribution >= 4 is 45.0 Å². The van der Waals surface area contributed by atoms with Crippen molar-refractivity contribution in [2.75, 3.05) is 12.5 Å². The van der Waals surface area contributed by atoms with Crippen molar-refractivity contribution in [1.29, 1.82) is 5.41 Å². The molecule has 0 aliphatic heterocycles. The van der Waals surface area contributed by atoms with E-state index in [-0.39, 0.29) is 22.9 Å². The Morgan fingerprint density at radius 1 is 1.34 bits per heavy atom. The first kappa shape index (κ1) is 28.7. The Labute approximate surface area is 221 Å². The minimum absolute atomic E-state index is 0.131. The molecule has 0 radical (unpaired) electrons. The third-order valence-corrected chi connectivity index (χ3v) is 7.15. The molecular weight excluding hydrogens is 517 g/mol. The second kappa shape index (κ2) is 11.3. The van der Waals surface area contributed by atoms with Gasteiger partial charge < -0.3 is 20.0 Å². The number of benzene rings is 1. The number of carboxylic acids is 1. The molecular formula is C25H30FN5O6S. The van der Waals surface area contributed by atoms with Crippen molar-refractivity contribution in [3.05, 3.63) is 56.0 Å². The molecule has 3 N–H and O–H groups in total. The summed E-state index contributed by atoms with van der Waals surface area (Å²) in [7, 11) is 1.43. The average molecular weight is 548 g/mol. The molecule has 0 spiro atoms. The number of hydrogen-bond donors (Lipinski definition) is 3. The van der Waals surface area contributed by atoms with Gasteiger partial charge in [0.05, 0.1) is 31.4 Å². The van der Waals surface area contributed by atoms with E-state index < -0.39 is 34.7 Å². The fourth-order valence-corrected chi connectivity index (χ4v) is 5.15. The fraction of sp³-hybridized carbons (Fsp3) is 0.400. The number of hydrazone groups is 1. The second-order valence-corrected chi connectivity index (χ2v) is 10.2. The molecule has 2 heterocycles. The van der Waals surface area contributed by atoms with Gasteiger partial charge >= 0.3 is 11.7 Å². The highest BCUT2D eigenvalue weighted by molar-refractivity contribution is 7.22. The lowest BCUT2D eigenvalue weighted by Crippen LogP contribution is -2.52. The number of hydrogen-bond acceptors (Lipinski definition) is 9. The van der Waals surface area contributed by atoms with Crippen molar-refractivity contribution in [3.8, 4) is 5.75 Å². The minimum Gasteiger partial charge on any atom is -0.496 e. The number of thiophene rings is 1. The monoisotopic (exact) mass is 547 g/mol. The predicted octanol–water partition coefficient (Wildman–Crippen LogP) is 3.71. The number of aryl methyl sites for hydroxylation is 1. The Hall–Kier alpha value is -3.84. The Morgan fingerprint density at radius 3 is 2.61 bits per heavy atom. The van der Waals surface area contributed by atoms with Crippen LogP contribution in [0.25, 0.3) is 10.2 Å². The van der Waals surface area contributed by atoms with Crippen molar-refractivity contribution in [2.24, 2.45) is 5.10 Å². The molecule has 0 amide bonds. The van der Waals surface area contributed by atoms with Crippen LogP contribution in [-0.4, -0.2) is 45.9 Å². The summed E-state index contributed by atoms with van der Waals surface area (Å²) in [6, 6.07) is 3.95. The molecule has 0 saturated carbocycles. The number of fused-ring (bicyclic) bond motifs is 1. The first-order chi connectivity index (χ1) is 17.8. The number of carboxylic acid groups (broad SMARTS) is 1. The number of nitrogens with zero attached hydrogens (tertiary/aromatic N) is 3. The zero-order chi connectivity index (χ0) is 28.4. The number of aliphatic carboxylic acids is 1. The van der Waals surface area contributed by atoms with E-state index in [0.29, 0.717) is 26.4 Å². The number of anilines is 1. The van der Waals surface area contributed by atoms with Gasteiger partial charge in [0.15, 0.2) is 0 Å². The molecule has 2 aromatic heterocycles. The highest BCUT2D eigenvalue weighted by Crippen LogP contribution is 2.36. The summed E-state index contributed by atoms with van der Waals surface area (Å²) in [5.74, 6) is -1.56. The maximum atomic E-state index is 14.3. The van der Waals surface area contributed by atoms with Crippen LogP contribution in [-0.2, 0) is 21.6 Å². The lowest BCUT2D eigenvalue weighted by Gasteiger charge is -2.26. The van der Waals surface area contributed by atoms with Crippen LogP contribution in [0, 0.1) is 18.2 Å². The molecule has 1 atom stereocenters. The molecule has 3 rings (SSSR count). The van der Waals surface area contributed by atoms with E-state index >= 15 is 0 Å². The van der Waals surface area contributed by atoms with Crippen LogP contribution in [0.4, 0.5) is 9.39 Å². The smallest absolute Gasteiger partial charge is 0.333 e. The number of methoxy groups -OCH3 is 1. The zero-order valence-electron chi connectivity index (χ0n) is 21.9. The van der Waals surface area contributed by atoms with Gasteiger partial charge in [0.2, 0.25) is 0 Å². The van der Waals surface area contributed by atoms with Gasteiger partial charge in [-0.3, -0.25) is 14.8 Å². The highest BCUT2D eigenvalue weighted by atomic mass is 32.1. The van der Waals surface area contributed by atoms with E-state index in [2.05, 4.69) is 10.5 Å². The summed E-state index contributed by atoms with van der Waals surface area (Å²) in [4.78, 5) is 39.8. The first-order valence-electron chi connectivity index (χ1n) is 11.6. The quantitative estimate of drug-likeness (QED) is 0.245. The molecule has 204 valence electrons. The van der Waals surface area contributed by atoms with Crippen LogP contribution in [0.15, 0.2) is 32.9 Å². The zero-order valence-corrected chi connectivity index (χ0v) is 22.7. The van der Waals surface area contributed by atoms with Gasteiger partial charge in [0.25, 0.3) is 5.56 Å². The molecule has 38 heavy (non-hydrogen) atoms. The van der Waals surface area contributed by atoms with Crippen LogP contribution in [0.2, 0.25) is 0 Å². The molecule has 0 bridgehead atoms. The maximum Gasteiger partial charge on any atom is 0.333 e. The van der Waals surface area contributed by atoms with Crippen LogP contribution in [0.5, 0.6) is 5.75 Å². The first-order valence-corrected chi connectivity index (χ1v) is 12.5. The van der Waals surface area contributed by atoms with Crippen molar-refractivity contribution in [1.82, 2.24) is 9.13 Å². The van der Waals surface area contributed by atoms with E-state index in [4.69, 9.17) is 14.9 Å². The summed E-state index contributed by atoms with van der Waals surface area (Å²) < 4.78 is 27.8. The van der Waals surface area contributed by atoms with E-state index in [1.165, 1.54) is 49.9 Å². The van der Waals surface area contributed by atoms with Gasteiger partial charge in [-0.25, -0.2) is 18.5 Å². The summed E-state index contributed by atoms with van der Waals surface area (Å²) in [6.07, 6.45) is 0.938. The van der Waals surface area contributed by atoms with E-state index in [0.717, 1.165) is 17.6 Å². The summed E-state index contributed by atoms with van der Waals surface area (Å²) in [6.45, 7) is 7.57. The normalized spacial score (nSPS) is 12.8. The molecule has 0 unspecified atom stereocenters. The van der Waals surface area contributed by atoms with Crippen LogP contribution < -0.4 is 21.4 Å². The number of halogens is 1. The standard InChI is InChI=1S/C25H30FN5O6S/c1-13(2)37-18(16-11-15(26)7-8-17(16)36-6)12-30-22-19(14(3)20(38-22)29-28-10-9-27)21(32)31(24(30)35)25(4,5)23(33)34/h7-11,13,18,27,29H,12H2,1-6H3,(H,33,34)/b27-9?,28-10-/t18-/m0/s1. The lowest BCUT2D eigenvalue weighted by molar-refractivity contribution is -0.146. The summed E-state index contributed by atoms with van der Waals surface area (Å²) >= 11 is 1.07. The molecule has 1 aromatic carbocycles. The van der Waals surface area contributed by atoms with Crippen molar-refractivity contribution in [3.63, 3.8) is 0 Å². The maximum absolute atomic E-state index is 14.3. The van der Waals surface area contributed by atoms with Gasteiger partial charge in [-0.05, 0) is 52.8 Å². The SMILES string of the molecule is COc1ccc(F)cc1[C@H](Cn1c(=O)n(C(C)(C)C(=O)O)c(=O)c2c(C)c(N/N=C\C=N)sc21)OC(C)C. The third-order valence-electron chi connectivity index (χ3n) is 5.93. The number of aromatic nitrogens is 2.